The number of azide groups is 1. The number of hydrogen-bond acceptors (Lipinski definition) is 5. The van der Waals surface area contributed by atoms with Crippen molar-refractivity contribution in [2.75, 3.05) is 7.11 Å². The summed E-state index contributed by atoms with van der Waals surface area (Å²) in [6, 6.07) is 11.1. The van der Waals surface area contributed by atoms with E-state index in [0.717, 1.165) is 5.56 Å². The van der Waals surface area contributed by atoms with E-state index in [1.807, 2.05) is 6.92 Å². The molecule has 0 saturated carbocycles. The maximum absolute atomic E-state index is 12.1. The number of nitrogens with zero attached hydrogens (tertiary/aromatic N) is 3. The van der Waals surface area contributed by atoms with Gasteiger partial charge in [-0.1, -0.05) is 22.8 Å². The summed E-state index contributed by atoms with van der Waals surface area (Å²) in [5, 5.41) is 3.48. The average molecular weight is 333 g/mol. The highest BCUT2D eigenvalue weighted by molar-refractivity contribution is 7.86. The Balaban J connectivity index is 2.21. The van der Waals surface area contributed by atoms with Gasteiger partial charge in [0, 0.05) is 10.6 Å². The highest BCUT2D eigenvalue weighted by atomic mass is 32.2. The van der Waals surface area contributed by atoms with Crippen LogP contribution in [0.4, 0.5) is 5.69 Å². The van der Waals surface area contributed by atoms with Crippen LogP contribution in [0.1, 0.15) is 11.1 Å². The molecular formula is C15H15N3O4S. The number of hydrogen-bond donors (Lipinski definition) is 0. The molecule has 0 aromatic heterocycles. The van der Waals surface area contributed by atoms with E-state index in [1.54, 1.807) is 18.2 Å². The van der Waals surface area contributed by atoms with E-state index in [0.29, 0.717) is 17.0 Å². The molecule has 0 aliphatic carbocycles. The molecule has 2 rings (SSSR count). The zero-order valence-electron chi connectivity index (χ0n) is 12.6. The molecule has 0 spiro atoms. The Morgan fingerprint density at radius 2 is 1.87 bits per heavy atom. The first-order chi connectivity index (χ1) is 10.9. The summed E-state index contributed by atoms with van der Waals surface area (Å²) in [6.07, 6.45) is 0. The Morgan fingerprint density at radius 1 is 1.17 bits per heavy atom. The number of benzene rings is 2. The highest BCUT2D eigenvalue weighted by Gasteiger charge is 2.15. The summed E-state index contributed by atoms with van der Waals surface area (Å²) in [5.41, 5.74) is 10.3. The Hall–Kier alpha value is -2.54. The molecule has 0 amide bonds. The second-order valence-corrected chi connectivity index (χ2v) is 6.37. The van der Waals surface area contributed by atoms with Crippen LogP contribution in [-0.2, 0) is 20.9 Å². The van der Waals surface area contributed by atoms with Crippen LogP contribution in [0.15, 0.2) is 52.5 Å². The third kappa shape index (κ3) is 4.46. The van der Waals surface area contributed by atoms with Crippen LogP contribution < -0.4 is 4.74 Å². The zero-order chi connectivity index (χ0) is 16.9. The normalized spacial score (nSPS) is 10.9. The van der Waals surface area contributed by atoms with Crippen LogP contribution >= 0.6 is 0 Å². The van der Waals surface area contributed by atoms with Crippen molar-refractivity contribution in [2.45, 2.75) is 18.4 Å². The molecule has 0 fully saturated rings. The average Bonchev–Trinajstić information content (AvgIpc) is 2.53. The molecule has 2 aromatic carbocycles. The fraction of sp³-hybridized carbons (Fsp3) is 0.200. The lowest BCUT2D eigenvalue weighted by atomic mass is 10.2. The number of rotatable bonds is 6. The maximum Gasteiger partial charge on any atom is 0.297 e. The standard InChI is InChI=1S/C15H15N3O4S/c1-11-3-5-15(6-4-11)23(19,20)22-10-12-7-13(17-18-16)9-14(8-12)21-2/h3-9H,10H2,1-2H3. The van der Waals surface area contributed by atoms with E-state index in [4.69, 9.17) is 14.5 Å². The topological polar surface area (TPSA) is 101 Å². The van der Waals surface area contributed by atoms with Crippen LogP contribution in [0.5, 0.6) is 5.75 Å². The molecule has 0 N–H and O–H groups in total. The molecule has 0 unspecified atom stereocenters. The molecule has 120 valence electrons. The highest BCUT2D eigenvalue weighted by Crippen LogP contribution is 2.25. The molecule has 0 heterocycles. The summed E-state index contributed by atoms with van der Waals surface area (Å²) in [6.45, 7) is 1.67. The van der Waals surface area contributed by atoms with E-state index < -0.39 is 10.1 Å². The molecule has 0 atom stereocenters. The second-order valence-electron chi connectivity index (χ2n) is 4.76. The maximum atomic E-state index is 12.1. The molecule has 0 aliphatic heterocycles. The Kier molecular flexibility index (Phi) is 5.23. The van der Waals surface area contributed by atoms with E-state index in [-0.39, 0.29) is 11.5 Å². The van der Waals surface area contributed by atoms with Gasteiger partial charge in [-0.2, -0.15) is 8.42 Å². The lowest BCUT2D eigenvalue weighted by Crippen LogP contribution is -2.06. The molecule has 0 saturated heterocycles. The summed E-state index contributed by atoms with van der Waals surface area (Å²) in [5.74, 6) is 0.446. The Labute approximate surface area is 134 Å². The fourth-order valence-corrected chi connectivity index (χ4v) is 2.77. The lowest BCUT2D eigenvalue weighted by Gasteiger charge is -2.08. The van der Waals surface area contributed by atoms with Crippen molar-refractivity contribution in [2.24, 2.45) is 5.11 Å². The van der Waals surface area contributed by atoms with Gasteiger partial charge in [-0.15, -0.1) is 0 Å². The van der Waals surface area contributed by atoms with Gasteiger partial charge in [0.1, 0.15) is 5.75 Å². The van der Waals surface area contributed by atoms with Gasteiger partial charge in [0.15, 0.2) is 0 Å². The van der Waals surface area contributed by atoms with Crippen molar-refractivity contribution < 1.29 is 17.3 Å². The van der Waals surface area contributed by atoms with Crippen molar-refractivity contribution in [1.82, 2.24) is 0 Å². The van der Waals surface area contributed by atoms with Gasteiger partial charge in [0.2, 0.25) is 0 Å². The van der Waals surface area contributed by atoms with E-state index in [2.05, 4.69) is 10.0 Å². The van der Waals surface area contributed by atoms with Crippen LogP contribution in [0.25, 0.3) is 10.4 Å². The third-order valence-electron chi connectivity index (χ3n) is 3.04. The van der Waals surface area contributed by atoms with Crippen LogP contribution in [-0.4, -0.2) is 15.5 Å². The van der Waals surface area contributed by atoms with Crippen molar-refractivity contribution in [3.05, 3.63) is 64.0 Å². The minimum atomic E-state index is -3.86. The lowest BCUT2D eigenvalue weighted by molar-refractivity contribution is 0.307. The monoisotopic (exact) mass is 333 g/mol. The summed E-state index contributed by atoms with van der Waals surface area (Å²) < 4.78 is 34.4. The number of aryl methyl sites for hydroxylation is 1. The van der Waals surface area contributed by atoms with Crippen LogP contribution in [0.2, 0.25) is 0 Å². The van der Waals surface area contributed by atoms with E-state index >= 15 is 0 Å². The largest absolute Gasteiger partial charge is 0.497 e. The molecule has 0 radical (unpaired) electrons. The summed E-state index contributed by atoms with van der Waals surface area (Å²) >= 11 is 0. The second kappa shape index (κ2) is 7.15. The molecule has 8 heteroatoms. The SMILES string of the molecule is COc1cc(COS(=O)(=O)c2ccc(C)cc2)cc(N=[N+]=[N-])c1. The number of ether oxygens (including phenoxy) is 1. The Morgan fingerprint density at radius 3 is 2.48 bits per heavy atom. The smallest absolute Gasteiger partial charge is 0.297 e. The van der Waals surface area contributed by atoms with E-state index in [9.17, 15) is 8.42 Å². The summed E-state index contributed by atoms with van der Waals surface area (Å²) in [4.78, 5) is 2.78. The predicted octanol–water partition coefficient (Wildman–Crippen LogP) is 3.85. The minimum absolute atomic E-state index is 0.0845. The van der Waals surface area contributed by atoms with Crippen LogP contribution in [0.3, 0.4) is 0 Å². The van der Waals surface area contributed by atoms with Crippen molar-refractivity contribution in [3.63, 3.8) is 0 Å². The molecule has 23 heavy (non-hydrogen) atoms. The zero-order valence-corrected chi connectivity index (χ0v) is 13.4. The quantitative estimate of drug-likeness (QED) is 0.347. The van der Waals surface area contributed by atoms with Crippen molar-refractivity contribution >= 4 is 15.8 Å². The fourth-order valence-electron chi connectivity index (χ4n) is 1.87. The molecule has 7 nitrogen and oxygen atoms in total. The van der Waals surface area contributed by atoms with Gasteiger partial charge in [0.05, 0.1) is 18.6 Å². The van der Waals surface area contributed by atoms with Gasteiger partial charge in [-0.25, -0.2) is 0 Å². The first-order valence-electron chi connectivity index (χ1n) is 6.64. The molecule has 0 aliphatic rings. The minimum Gasteiger partial charge on any atom is -0.497 e. The molecule has 0 bridgehead atoms. The van der Waals surface area contributed by atoms with Crippen molar-refractivity contribution in [1.29, 1.82) is 0 Å². The van der Waals surface area contributed by atoms with Gasteiger partial charge >= 0.3 is 0 Å². The predicted molar refractivity (Wildman–Crippen MR) is 85.0 cm³/mol. The van der Waals surface area contributed by atoms with Gasteiger partial charge in [0.25, 0.3) is 10.1 Å². The van der Waals surface area contributed by atoms with Gasteiger partial charge in [-0.05, 0) is 48.4 Å². The van der Waals surface area contributed by atoms with Crippen LogP contribution in [0, 0.1) is 6.92 Å². The van der Waals surface area contributed by atoms with E-state index in [1.165, 1.54) is 31.4 Å². The first-order valence-corrected chi connectivity index (χ1v) is 8.04. The third-order valence-corrected chi connectivity index (χ3v) is 4.32. The first kappa shape index (κ1) is 16.8. The molecule has 2 aromatic rings. The van der Waals surface area contributed by atoms with Crippen molar-refractivity contribution in [3.8, 4) is 5.75 Å². The van der Waals surface area contributed by atoms with Gasteiger partial charge < -0.3 is 4.74 Å². The summed E-state index contributed by atoms with van der Waals surface area (Å²) in [7, 11) is -2.40. The molecular weight excluding hydrogens is 318 g/mol. The Bertz CT molecular complexity index is 842. The number of methoxy groups -OCH3 is 1. The van der Waals surface area contributed by atoms with Gasteiger partial charge in [-0.3, -0.25) is 4.18 Å².